The molecule has 0 fully saturated rings. The van der Waals surface area contributed by atoms with Crippen molar-refractivity contribution >= 4 is 45.7 Å². The largest absolute Gasteiger partial charge is 0.484 e. The molecule has 0 aliphatic rings. The van der Waals surface area contributed by atoms with Crippen LogP contribution >= 0.6 is 23.1 Å². The quantitative estimate of drug-likeness (QED) is 0.478. The normalized spacial score (nSPS) is 11.5. The zero-order valence-corrected chi connectivity index (χ0v) is 18.3. The molecule has 0 saturated heterocycles. The van der Waals surface area contributed by atoms with Gasteiger partial charge < -0.3 is 10.1 Å². The number of anilines is 2. The number of rotatable bonds is 9. The van der Waals surface area contributed by atoms with Crippen molar-refractivity contribution in [3.8, 4) is 5.75 Å². The van der Waals surface area contributed by atoms with Gasteiger partial charge in [-0.25, -0.2) is 0 Å². The maximum absolute atomic E-state index is 12.6. The van der Waals surface area contributed by atoms with E-state index in [0.29, 0.717) is 23.0 Å². The summed E-state index contributed by atoms with van der Waals surface area (Å²) in [6, 6.07) is 16.6. The van der Waals surface area contributed by atoms with Gasteiger partial charge in [0.1, 0.15) is 10.8 Å². The molecular formula is C21H22N4O3S2. The van der Waals surface area contributed by atoms with E-state index < -0.39 is 0 Å². The second-order valence-electron chi connectivity index (χ2n) is 6.31. The zero-order chi connectivity index (χ0) is 21.3. The molecule has 0 saturated carbocycles. The first kappa shape index (κ1) is 21.8. The van der Waals surface area contributed by atoms with Gasteiger partial charge in [0.25, 0.3) is 5.91 Å². The Kier molecular flexibility index (Phi) is 7.81. The number of para-hydroxylation sites is 1. The van der Waals surface area contributed by atoms with Crippen LogP contribution in [0.5, 0.6) is 5.75 Å². The molecule has 1 atom stereocenters. The molecule has 2 amide bonds. The Morgan fingerprint density at radius 3 is 2.60 bits per heavy atom. The van der Waals surface area contributed by atoms with Crippen molar-refractivity contribution in [1.29, 1.82) is 0 Å². The average Bonchev–Trinajstić information content (AvgIpc) is 3.16. The summed E-state index contributed by atoms with van der Waals surface area (Å²) in [5, 5.41) is 14.5. The highest BCUT2D eigenvalue weighted by Crippen LogP contribution is 2.29. The molecule has 0 radical (unpaired) electrons. The number of benzene rings is 2. The fourth-order valence-electron chi connectivity index (χ4n) is 2.53. The lowest BCUT2D eigenvalue weighted by atomic mass is 10.3. The highest BCUT2D eigenvalue weighted by atomic mass is 32.2. The molecule has 1 unspecified atom stereocenters. The number of carbonyl (C=O) groups excluding carboxylic acids is 2. The lowest BCUT2D eigenvalue weighted by Gasteiger charge is -2.14. The fourth-order valence-corrected chi connectivity index (χ4v) is 4.14. The Morgan fingerprint density at radius 1 is 1.10 bits per heavy atom. The maximum atomic E-state index is 12.6. The SMILES string of the molecule is CCC(Sc1cccc(NC(=O)COc2ccccc2)c1)C(=O)Nc1nnc(C)s1. The van der Waals surface area contributed by atoms with Crippen molar-refractivity contribution in [2.45, 2.75) is 30.4 Å². The number of nitrogens with one attached hydrogen (secondary N) is 2. The minimum atomic E-state index is -0.290. The van der Waals surface area contributed by atoms with E-state index in [-0.39, 0.29) is 23.7 Å². The smallest absolute Gasteiger partial charge is 0.262 e. The number of hydrogen-bond donors (Lipinski definition) is 2. The third-order valence-electron chi connectivity index (χ3n) is 3.93. The maximum Gasteiger partial charge on any atom is 0.262 e. The number of nitrogens with zero attached hydrogens (tertiary/aromatic N) is 2. The first-order valence-electron chi connectivity index (χ1n) is 9.39. The van der Waals surface area contributed by atoms with Crippen LogP contribution in [0, 0.1) is 6.92 Å². The van der Waals surface area contributed by atoms with Crippen molar-refractivity contribution in [2.24, 2.45) is 0 Å². The number of aryl methyl sites for hydroxylation is 1. The van der Waals surface area contributed by atoms with Gasteiger partial charge in [0, 0.05) is 10.6 Å². The summed E-state index contributed by atoms with van der Waals surface area (Å²) in [7, 11) is 0. The minimum Gasteiger partial charge on any atom is -0.484 e. The number of ether oxygens (including phenoxy) is 1. The lowest BCUT2D eigenvalue weighted by molar-refractivity contribution is -0.118. The Balaban J connectivity index is 1.55. The molecule has 0 aliphatic heterocycles. The number of thioether (sulfide) groups is 1. The van der Waals surface area contributed by atoms with E-state index in [9.17, 15) is 9.59 Å². The van der Waals surface area contributed by atoms with Crippen LogP contribution in [0.15, 0.2) is 59.5 Å². The van der Waals surface area contributed by atoms with Crippen LogP contribution < -0.4 is 15.4 Å². The first-order chi connectivity index (χ1) is 14.5. The molecule has 0 bridgehead atoms. The molecule has 0 spiro atoms. The van der Waals surface area contributed by atoms with E-state index in [0.717, 1.165) is 9.90 Å². The second-order valence-corrected chi connectivity index (χ2v) is 8.77. The van der Waals surface area contributed by atoms with Gasteiger partial charge in [0.15, 0.2) is 6.61 Å². The summed E-state index contributed by atoms with van der Waals surface area (Å²) in [5.41, 5.74) is 0.650. The second kappa shape index (κ2) is 10.7. The van der Waals surface area contributed by atoms with Crippen LogP contribution in [0.25, 0.3) is 0 Å². The van der Waals surface area contributed by atoms with Crippen LogP contribution in [-0.4, -0.2) is 33.9 Å². The van der Waals surface area contributed by atoms with Gasteiger partial charge in [-0.15, -0.1) is 22.0 Å². The Bertz CT molecular complexity index is 995. The highest BCUT2D eigenvalue weighted by Gasteiger charge is 2.19. The van der Waals surface area contributed by atoms with Gasteiger partial charge in [-0.2, -0.15) is 0 Å². The highest BCUT2D eigenvalue weighted by molar-refractivity contribution is 8.00. The molecule has 2 aromatic carbocycles. The Labute approximate surface area is 183 Å². The fraction of sp³-hybridized carbons (Fsp3) is 0.238. The van der Waals surface area contributed by atoms with Crippen LogP contribution in [0.3, 0.4) is 0 Å². The van der Waals surface area contributed by atoms with Crippen molar-refractivity contribution < 1.29 is 14.3 Å². The van der Waals surface area contributed by atoms with Gasteiger partial charge in [0.2, 0.25) is 11.0 Å². The van der Waals surface area contributed by atoms with Gasteiger partial charge in [-0.3, -0.25) is 14.9 Å². The van der Waals surface area contributed by atoms with Gasteiger partial charge in [0.05, 0.1) is 5.25 Å². The molecule has 9 heteroatoms. The van der Waals surface area contributed by atoms with Gasteiger partial charge >= 0.3 is 0 Å². The summed E-state index contributed by atoms with van der Waals surface area (Å²) in [6.07, 6.45) is 0.649. The zero-order valence-electron chi connectivity index (χ0n) is 16.6. The molecule has 30 heavy (non-hydrogen) atoms. The van der Waals surface area contributed by atoms with E-state index >= 15 is 0 Å². The molecule has 3 rings (SSSR count). The number of aromatic nitrogens is 2. The number of hydrogen-bond acceptors (Lipinski definition) is 7. The Morgan fingerprint density at radius 2 is 1.90 bits per heavy atom. The Hall–Kier alpha value is -2.91. The predicted octanol–water partition coefficient (Wildman–Crippen LogP) is 4.37. The average molecular weight is 443 g/mol. The first-order valence-corrected chi connectivity index (χ1v) is 11.1. The molecule has 7 nitrogen and oxygen atoms in total. The third-order valence-corrected chi connectivity index (χ3v) is 6.04. The molecule has 156 valence electrons. The van der Waals surface area contributed by atoms with Gasteiger partial charge in [-0.05, 0) is 43.7 Å². The van der Waals surface area contributed by atoms with Crippen molar-refractivity contribution in [3.05, 3.63) is 59.6 Å². The standard InChI is InChI=1S/C21H22N4O3S2/c1-3-18(20(27)23-21-25-24-14(2)29-21)30-17-11-7-8-15(12-17)22-19(26)13-28-16-9-5-4-6-10-16/h4-12,18H,3,13H2,1-2H3,(H,22,26)(H,23,25,27). The van der Waals surface area contributed by atoms with Crippen molar-refractivity contribution in [1.82, 2.24) is 10.2 Å². The summed E-state index contributed by atoms with van der Waals surface area (Å²) in [4.78, 5) is 25.6. The lowest BCUT2D eigenvalue weighted by Crippen LogP contribution is -2.24. The minimum absolute atomic E-state index is 0.0807. The number of amides is 2. The molecule has 1 heterocycles. The monoisotopic (exact) mass is 442 g/mol. The van der Waals surface area contributed by atoms with Crippen molar-refractivity contribution in [3.63, 3.8) is 0 Å². The third kappa shape index (κ3) is 6.57. The van der Waals surface area contributed by atoms with Crippen LogP contribution in [-0.2, 0) is 9.59 Å². The molecule has 0 aliphatic carbocycles. The van der Waals surface area contributed by atoms with E-state index in [2.05, 4.69) is 20.8 Å². The van der Waals surface area contributed by atoms with E-state index in [1.807, 2.05) is 50.2 Å². The van der Waals surface area contributed by atoms with Gasteiger partial charge in [-0.1, -0.05) is 42.5 Å². The topological polar surface area (TPSA) is 93.2 Å². The molecular weight excluding hydrogens is 420 g/mol. The number of carbonyl (C=O) groups is 2. The van der Waals surface area contributed by atoms with E-state index in [1.54, 1.807) is 18.2 Å². The predicted molar refractivity (Wildman–Crippen MR) is 120 cm³/mol. The van der Waals surface area contributed by atoms with Crippen LogP contribution in [0.1, 0.15) is 18.4 Å². The van der Waals surface area contributed by atoms with E-state index in [1.165, 1.54) is 23.1 Å². The summed E-state index contributed by atoms with van der Waals surface area (Å²) < 4.78 is 5.46. The van der Waals surface area contributed by atoms with Crippen molar-refractivity contribution in [2.75, 3.05) is 17.2 Å². The summed E-state index contributed by atoms with van der Waals surface area (Å²) >= 11 is 2.78. The summed E-state index contributed by atoms with van der Waals surface area (Å²) in [6.45, 7) is 3.71. The molecule has 3 aromatic rings. The molecule has 1 aromatic heterocycles. The van der Waals surface area contributed by atoms with E-state index in [4.69, 9.17) is 4.74 Å². The summed E-state index contributed by atoms with van der Waals surface area (Å²) in [5.74, 6) is 0.265. The molecule has 2 N–H and O–H groups in total. The van der Waals surface area contributed by atoms with Crippen LogP contribution in [0.2, 0.25) is 0 Å². The van der Waals surface area contributed by atoms with Crippen LogP contribution in [0.4, 0.5) is 10.8 Å².